The summed E-state index contributed by atoms with van der Waals surface area (Å²) in [6, 6.07) is 2.31. The molecule has 1 aromatic rings. The molecule has 1 fully saturated rings. The highest BCUT2D eigenvalue weighted by molar-refractivity contribution is 4.91. The van der Waals surface area contributed by atoms with Crippen LogP contribution in [0.1, 0.15) is 19.7 Å². The zero-order valence-electron chi connectivity index (χ0n) is 11.1. The van der Waals surface area contributed by atoms with Crippen molar-refractivity contribution in [3.8, 4) is 6.07 Å². The molecule has 0 saturated carbocycles. The quantitative estimate of drug-likeness (QED) is 0.768. The van der Waals surface area contributed by atoms with Gasteiger partial charge in [0, 0.05) is 32.7 Å². The lowest BCUT2D eigenvalue weighted by Crippen LogP contribution is -2.49. The summed E-state index contributed by atoms with van der Waals surface area (Å²) in [4.78, 5) is 8.89. The zero-order valence-corrected chi connectivity index (χ0v) is 11.1. The molecule has 1 saturated heterocycles. The monoisotopic (exact) mass is 248 g/mol. The van der Waals surface area contributed by atoms with Crippen LogP contribution < -0.4 is 0 Å². The number of nitrogens with zero attached hydrogens (tertiary/aromatic N) is 6. The third-order valence-corrected chi connectivity index (χ3v) is 3.50. The molecule has 18 heavy (non-hydrogen) atoms. The fourth-order valence-electron chi connectivity index (χ4n) is 2.27. The van der Waals surface area contributed by atoms with Crippen LogP contribution >= 0.6 is 0 Å². The Bertz CT molecular complexity index is 412. The topological polar surface area (TPSA) is 61.0 Å². The molecule has 0 aromatic carbocycles. The summed E-state index contributed by atoms with van der Waals surface area (Å²) in [5.41, 5.74) is 0. The number of hydrogen-bond acceptors (Lipinski definition) is 5. The summed E-state index contributed by atoms with van der Waals surface area (Å²) in [6.45, 7) is 9.63. The van der Waals surface area contributed by atoms with Crippen LogP contribution in [-0.2, 0) is 13.1 Å². The maximum atomic E-state index is 8.90. The maximum Gasteiger partial charge on any atom is 0.140 e. The molecule has 0 aliphatic carbocycles. The third-order valence-electron chi connectivity index (χ3n) is 3.50. The first kappa shape index (κ1) is 13.0. The van der Waals surface area contributed by atoms with E-state index in [0.29, 0.717) is 0 Å². The summed E-state index contributed by atoms with van der Waals surface area (Å²) in [7, 11) is 0. The van der Waals surface area contributed by atoms with Crippen LogP contribution in [0.5, 0.6) is 0 Å². The van der Waals surface area contributed by atoms with Crippen molar-refractivity contribution in [1.29, 1.82) is 5.26 Å². The summed E-state index contributed by atoms with van der Waals surface area (Å²) in [5, 5.41) is 13.1. The molecule has 0 N–H and O–H groups in total. The van der Waals surface area contributed by atoms with Gasteiger partial charge in [-0.2, -0.15) is 10.4 Å². The highest BCUT2D eigenvalue weighted by atomic mass is 15.4. The first-order chi connectivity index (χ1) is 8.74. The number of aryl methyl sites for hydroxylation is 1. The van der Waals surface area contributed by atoms with Gasteiger partial charge in [-0.15, -0.1) is 0 Å². The lowest BCUT2D eigenvalue weighted by molar-refractivity contribution is 0.111. The van der Waals surface area contributed by atoms with Crippen molar-refractivity contribution >= 4 is 0 Å². The van der Waals surface area contributed by atoms with Crippen molar-refractivity contribution in [1.82, 2.24) is 24.6 Å². The summed E-state index contributed by atoms with van der Waals surface area (Å²) in [5.74, 6) is 1.03. The first-order valence-corrected chi connectivity index (χ1v) is 6.47. The number of piperazine rings is 1. The number of nitriles is 1. The second kappa shape index (κ2) is 5.94. The van der Waals surface area contributed by atoms with Gasteiger partial charge in [0.15, 0.2) is 0 Å². The largest absolute Gasteiger partial charge is 0.293 e. The molecule has 0 radical (unpaired) electrons. The molecule has 98 valence electrons. The zero-order chi connectivity index (χ0) is 13.0. The predicted molar refractivity (Wildman–Crippen MR) is 67.6 cm³/mol. The third kappa shape index (κ3) is 2.86. The van der Waals surface area contributed by atoms with Crippen molar-refractivity contribution in [2.75, 3.05) is 26.2 Å². The molecule has 2 heterocycles. The van der Waals surface area contributed by atoms with E-state index >= 15 is 0 Å². The van der Waals surface area contributed by atoms with Crippen LogP contribution in [-0.4, -0.2) is 56.8 Å². The lowest BCUT2D eigenvalue weighted by atomic mass is 10.2. The van der Waals surface area contributed by atoms with Gasteiger partial charge in [-0.25, -0.2) is 9.67 Å². The maximum absolute atomic E-state index is 8.90. The fraction of sp³-hybridized carbons (Fsp3) is 0.750. The molecular formula is C12H20N6. The molecule has 1 aliphatic heterocycles. The predicted octanol–water partition coefficient (Wildman–Crippen LogP) is 0.328. The molecule has 0 spiro atoms. The van der Waals surface area contributed by atoms with Crippen molar-refractivity contribution in [2.45, 2.75) is 33.0 Å². The molecule has 1 aliphatic rings. The van der Waals surface area contributed by atoms with Gasteiger partial charge in [0.1, 0.15) is 12.2 Å². The molecule has 0 amide bonds. The van der Waals surface area contributed by atoms with Gasteiger partial charge >= 0.3 is 0 Å². The first-order valence-electron chi connectivity index (χ1n) is 6.47. The Morgan fingerprint density at radius 1 is 1.39 bits per heavy atom. The van der Waals surface area contributed by atoms with E-state index in [1.54, 1.807) is 6.33 Å². The highest BCUT2D eigenvalue weighted by Crippen LogP contribution is 2.08. The summed E-state index contributed by atoms with van der Waals surface area (Å²) < 4.78 is 1.93. The Morgan fingerprint density at radius 3 is 2.72 bits per heavy atom. The van der Waals surface area contributed by atoms with Crippen LogP contribution in [0.25, 0.3) is 0 Å². The molecule has 1 atom stereocenters. The fourth-order valence-corrected chi connectivity index (χ4v) is 2.27. The minimum atomic E-state index is 0.0199. The van der Waals surface area contributed by atoms with Crippen LogP contribution in [0.4, 0.5) is 0 Å². The summed E-state index contributed by atoms with van der Waals surface area (Å²) >= 11 is 0. The van der Waals surface area contributed by atoms with Gasteiger partial charge < -0.3 is 0 Å². The van der Waals surface area contributed by atoms with E-state index in [1.165, 1.54) is 0 Å². The Balaban J connectivity index is 1.86. The van der Waals surface area contributed by atoms with Crippen molar-refractivity contribution in [2.24, 2.45) is 0 Å². The van der Waals surface area contributed by atoms with Gasteiger partial charge in [0.05, 0.1) is 18.7 Å². The van der Waals surface area contributed by atoms with E-state index < -0.39 is 0 Å². The van der Waals surface area contributed by atoms with Crippen LogP contribution in [0.15, 0.2) is 6.33 Å². The number of aromatic nitrogens is 3. The average molecular weight is 248 g/mol. The van der Waals surface area contributed by atoms with E-state index in [9.17, 15) is 0 Å². The lowest BCUT2D eigenvalue weighted by Gasteiger charge is -2.35. The second-order valence-electron chi connectivity index (χ2n) is 4.61. The Morgan fingerprint density at radius 2 is 2.11 bits per heavy atom. The Kier molecular flexibility index (Phi) is 4.28. The van der Waals surface area contributed by atoms with E-state index in [1.807, 2.05) is 11.6 Å². The molecule has 2 rings (SSSR count). The van der Waals surface area contributed by atoms with E-state index in [-0.39, 0.29) is 6.04 Å². The number of rotatable bonds is 4. The van der Waals surface area contributed by atoms with Gasteiger partial charge in [-0.3, -0.25) is 9.80 Å². The van der Waals surface area contributed by atoms with Crippen LogP contribution in [0.2, 0.25) is 0 Å². The van der Waals surface area contributed by atoms with Crippen LogP contribution in [0, 0.1) is 11.3 Å². The van der Waals surface area contributed by atoms with Gasteiger partial charge in [-0.05, 0) is 13.8 Å². The van der Waals surface area contributed by atoms with Gasteiger partial charge in [0.2, 0.25) is 0 Å². The van der Waals surface area contributed by atoms with E-state index in [0.717, 1.165) is 45.1 Å². The molecule has 0 bridgehead atoms. The van der Waals surface area contributed by atoms with Crippen molar-refractivity contribution < 1.29 is 0 Å². The minimum absolute atomic E-state index is 0.0199. The summed E-state index contributed by atoms with van der Waals surface area (Å²) in [6.07, 6.45) is 1.62. The highest BCUT2D eigenvalue weighted by Gasteiger charge is 2.21. The Hall–Kier alpha value is -1.45. The minimum Gasteiger partial charge on any atom is -0.293 e. The van der Waals surface area contributed by atoms with Gasteiger partial charge in [-0.1, -0.05) is 0 Å². The molecule has 6 nitrogen and oxygen atoms in total. The molecule has 1 unspecified atom stereocenters. The second-order valence-corrected chi connectivity index (χ2v) is 4.61. The standard InChI is InChI=1S/C12H20N6/c1-3-18-12(14-10-15-18)9-16-4-6-17(7-5-16)11(2)8-13/h10-11H,3-7,9H2,1-2H3. The van der Waals surface area contributed by atoms with E-state index in [4.69, 9.17) is 5.26 Å². The molecule has 1 aromatic heterocycles. The average Bonchev–Trinajstić information content (AvgIpc) is 2.86. The van der Waals surface area contributed by atoms with Crippen molar-refractivity contribution in [3.05, 3.63) is 12.2 Å². The van der Waals surface area contributed by atoms with Gasteiger partial charge in [0.25, 0.3) is 0 Å². The Labute approximate surface area is 108 Å². The van der Waals surface area contributed by atoms with E-state index in [2.05, 4.69) is 32.9 Å². The molecular weight excluding hydrogens is 228 g/mol. The van der Waals surface area contributed by atoms with Crippen molar-refractivity contribution in [3.63, 3.8) is 0 Å². The molecule has 6 heteroatoms. The van der Waals surface area contributed by atoms with Crippen LogP contribution in [0.3, 0.4) is 0 Å². The normalized spacial score (nSPS) is 19.6. The number of hydrogen-bond donors (Lipinski definition) is 0. The smallest absolute Gasteiger partial charge is 0.140 e. The SMILES string of the molecule is CCn1ncnc1CN1CCN(C(C)C#N)CC1.